The van der Waals surface area contributed by atoms with Gasteiger partial charge in [-0.25, -0.2) is 0 Å². The quantitative estimate of drug-likeness (QED) is 0.554. The van der Waals surface area contributed by atoms with E-state index < -0.39 is 0 Å². The number of nitrogens with one attached hydrogen (secondary N) is 1. The van der Waals surface area contributed by atoms with Gasteiger partial charge in [0.2, 0.25) is 5.91 Å². The smallest absolute Gasteiger partial charge is 0.221 e. The van der Waals surface area contributed by atoms with Gasteiger partial charge in [0, 0.05) is 25.7 Å². The molecule has 0 bridgehead atoms. The van der Waals surface area contributed by atoms with Crippen molar-refractivity contribution >= 4 is 12.2 Å². The molecule has 4 heteroatoms. The second-order valence-corrected chi connectivity index (χ2v) is 4.05. The van der Waals surface area contributed by atoms with E-state index in [-0.39, 0.29) is 5.91 Å². The Labute approximate surface area is 102 Å². The zero-order valence-electron chi connectivity index (χ0n) is 10.3. The standard InChI is InChI=1S/C13H20N2O2/c1-2-3-4-8-14-13(17)7-10-15-9-5-6-12(15)11-16/h5-6,9,11H,2-4,7-8,10H2,1H3,(H,14,17). The first-order chi connectivity index (χ1) is 8.27. The summed E-state index contributed by atoms with van der Waals surface area (Å²) >= 11 is 0. The summed E-state index contributed by atoms with van der Waals surface area (Å²) in [5, 5.41) is 2.88. The van der Waals surface area contributed by atoms with E-state index in [1.807, 2.05) is 12.3 Å². The number of hydrogen-bond acceptors (Lipinski definition) is 2. The minimum absolute atomic E-state index is 0.0478. The molecule has 1 aromatic rings. The maximum atomic E-state index is 11.5. The fraction of sp³-hybridized carbons (Fsp3) is 0.538. The molecule has 1 rings (SSSR count). The molecular formula is C13H20N2O2. The van der Waals surface area contributed by atoms with Crippen molar-refractivity contribution in [1.82, 2.24) is 9.88 Å². The molecule has 0 aliphatic carbocycles. The number of aromatic nitrogens is 1. The normalized spacial score (nSPS) is 10.2. The Morgan fingerprint density at radius 3 is 3.00 bits per heavy atom. The zero-order valence-corrected chi connectivity index (χ0v) is 10.3. The van der Waals surface area contributed by atoms with Gasteiger partial charge in [0.1, 0.15) is 0 Å². The summed E-state index contributed by atoms with van der Waals surface area (Å²) in [5.41, 5.74) is 0.615. The molecule has 0 aliphatic heterocycles. The van der Waals surface area contributed by atoms with Gasteiger partial charge in [-0.2, -0.15) is 0 Å². The SMILES string of the molecule is CCCCCNC(=O)CCn1cccc1C=O. The van der Waals surface area contributed by atoms with Crippen molar-refractivity contribution in [3.05, 3.63) is 24.0 Å². The van der Waals surface area contributed by atoms with Crippen molar-refractivity contribution in [2.24, 2.45) is 0 Å². The van der Waals surface area contributed by atoms with Crippen LogP contribution < -0.4 is 5.32 Å². The Hall–Kier alpha value is -1.58. The third kappa shape index (κ3) is 4.85. The lowest BCUT2D eigenvalue weighted by atomic mass is 10.2. The fourth-order valence-corrected chi connectivity index (χ4v) is 1.65. The molecule has 0 spiro atoms. The van der Waals surface area contributed by atoms with Crippen LogP contribution in [0.15, 0.2) is 18.3 Å². The van der Waals surface area contributed by atoms with Gasteiger partial charge in [0.15, 0.2) is 6.29 Å². The monoisotopic (exact) mass is 236 g/mol. The first-order valence-electron chi connectivity index (χ1n) is 6.15. The molecule has 17 heavy (non-hydrogen) atoms. The van der Waals surface area contributed by atoms with Gasteiger partial charge < -0.3 is 9.88 Å². The van der Waals surface area contributed by atoms with E-state index in [9.17, 15) is 9.59 Å². The predicted molar refractivity (Wildman–Crippen MR) is 67.0 cm³/mol. The largest absolute Gasteiger partial charge is 0.356 e. The van der Waals surface area contributed by atoms with E-state index in [0.29, 0.717) is 18.7 Å². The molecule has 0 aromatic carbocycles. The summed E-state index contributed by atoms with van der Waals surface area (Å²) in [6, 6.07) is 3.55. The van der Waals surface area contributed by atoms with Crippen LogP contribution in [0, 0.1) is 0 Å². The lowest BCUT2D eigenvalue weighted by Crippen LogP contribution is -2.25. The predicted octanol–water partition coefficient (Wildman–Crippen LogP) is 2.00. The summed E-state index contributed by atoms with van der Waals surface area (Å²) in [6.45, 7) is 3.44. The van der Waals surface area contributed by atoms with Crippen molar-refractivity contribution in [3.8, 4) is 0 Å². The second kappa shape index (κ2) is 7.65. The Balaban J connectivity index is 2.21. The number of unbranched alkanes of at least 4 members (excludes halogenated alkanes) is 2. The molecule has 1 amide bonds. The molecule has 0 atom stereocenters. The van der Waals surface area contributed by atoms with Gasteiger partial charge >= 0.3 is 0 Å². The fourth-order valence-electron chi connectivity index (χ4n) is 1.65. The van der Waals surface area contributed by atoms with Crippen LogP contribution in [0.5, 0.6) is 0 Å². The minimum atomic E-state index is 0.0478. The Morgan fingerprint density at radius 1 is 1.47 bits per heavy atom. The maximum Gasteiger partial charge on any atom is 0.221 e. The van der Waals surface area contributed by atoms with Crippen molar-refractivity contribution in [2.45, 2.75) is 39.2 Å². The average Bonchev–Trinajstić information content (AvgIpc) is 2.79. The third-order valence-electron chi connectivity index (χ3n) is 2.67. The Morgan fingerprint density at radius 2 is 2.29 bits per heavy atom. The van der Waals surface area contributed by atoms with Crippen molar-refractivity contribution in [1.29, 1.82) is 0 Å². The number of carbonyl (C=O) groups excluding carboxylic acids is 2. The molecule has 1 aromatic heterocycles. The van der Waals surface area contributed by atoms with Crippen LogP contribution in [-0.4, -0.2) is 23.3 Å². The number of amides is 1. The highest BCUT2D eigenvalue weighted by molar-refractivity contribution is 5.76. The van der Waals surface area contributed by atoms with E-state index in [1.165, 1.54) is 0 Å². The zero-order chi connectivity index (χ0) is 12.5. The lowest BCUT2D eigenvalue weighted by molar-refractivity contribution is -0.121. The van der Waals surface area contributed by atoms with Crippen molar-refractivity contribution < 1.29 is 9.59 Å². The molecule has 0 fully saturated rings. The molecule has 1 N–H and O–H groups in total. The first-order valence-corrected chi connectivity index (χ1v) is 6.15. The summed E-state index contributed by atoms with van der Waals surface area (Å²) in [6.07, 6.45) is 6.37. The first kappa shape index (κ1) is 13.5. The van der Waals surface area contributed by atoms with E-state index in [1.54, 1.807) is 10.6 Å². The Kier molecular flexibility index (Phi) is 6.07. The Bertz CT molecular complexity index is 358. The summed E-state index contributed by atoms with van der Waals surface area (Å²) in [5.74, 6) is 0.0478. The van der Waals surface area contributed by atoms with E-state index in [4.69, 9.17) is 0 Å². The molecule has 0 unspecified atom stereocenters. The molecule has 94 valence electrons. The molecule has 1 heterocycles. The van der Waals surface area contributed by atoms with Gasteiger partial charge in [-0.05, 0) is 18.6 Å². The number of rotatable bonds is 8. The van der Waals surface area contributed by atoms with Crippen LogP contribution in [0.1, 0.15) is 43.1 Å². The highest BCUT2D eigenvalue weighted by Gasteiger charge is 2.03. The highest BCUT2D eigenvalue weighted by atomic mass is 16.1. The highest BCUT2D eigenvalue weighted by Crippen LogP contribution is 2.00. The number of hydrogen-bond donors (Lipinski definition) is 1. The summed E-state index contributed by atoms with van der Waals surface area (Å²) in [4.78, 5) is 22.1. The molecule has 0 aliphatic rings. The molecule has 0 radical (unpaired) electrons. The second-order valence-electron chi connectivity index (χ2n) is 4.05. The third-order valence-corrected chi connectivity index (χ3v) is 2.67. The minimum Gasteiger partial charge on any atom is -0.356 e. The number of aryl methyl sites for hydroxylation is 1. The van der Waals surface area contributed by atoms with Gasteiger partial charge in [-0.15, -0.1) is 0 Å². The molecule has 0 saturated carbocycles. The van der Waals surface area contributed by atoms with Crippen LogP contribution in [-0.2, 0) is 11.3 Å². The van der Waals surface area contributed by atoms with Crippen molar-refractivity contribution in [2.75, 3.05) is 6.54 Å². The van der Waals surface area contributed by atoms with Gasteiger partial charge in [0.25, 0.3) is 0 Å². The van der Waals surface area contributed by atoms with Crippen LogP contribution in [0.3, 0.4) is 0 Å². The van der Waals surface area contributed by atoms with Crippen LogP contribution in [0.4, 0.5) is 0 Å². The average molecular weight is 236 g/mol. The topological polar surface area (TPSA) is 51.1 Å². The van der Waals surface area contributed by atoms with E-state index in [2.05, 4.69) is 12.2 Å². The lowest BCUT2D eigenvalue weighted by Gasteiger charge is -2.06. The number of aldehydes is 1. The maximum absolute atomic E-state index is 11.5. The van der Waals surface area contributed by atoms with E-state index in [0.717, 1.165) is 32.1 Å². The van der Waals surface area contributed by atoms with Crippen LogP contribution in [0.25, 0.3) is 0 Å². The summed E-state index contributed by atoms with van der Waals surface area (Å²) < 4.78 is 1.79. The van der Waals surface area contributed by atoms with Gasteiger partial charge in [-0.3, -0.25) is 9.59 Å². The van der Waals surface area contributed by atoms with Crippen LogP contribution >= 0.6 is 0 Å². The van der Waals surface area contributed by atoms with Gasteiger partial charge in [0.05, 0.1) is 5.69 Å². The number of carbonyl (C=O) groups is 2. The molecular weight excluding hydrogens is 216 g/mol. The number of nitrogens with zero attached hydrogens (tertiary/aromatic N) is 1. The van der Waals surface area contributed by atoms with E-state index >= 15 is 0 Å². The van der Waals surface area contributed by atoms with Crippen LogP contribution in [0.2, 0.25) is 0 Å². The summed E-state index contributed by atoms with van der Waals surface area (Å²) in [7, 11) is 0. The van der Waals surface area contributed by atoms with Crippen molar-refractivity contribution in [3.63, 3.8) is 0 Å². The van der Waals surface area contributed by atoms with Gasteiger partial charge in [-0.1, -0.05) is 19.8 Å². The molecule has 4 nitrogen and oxygen atoms in total. The molecule has 0 saturated heterocycles.